The number of carbonyl (C=O) groups excluding carboxylic acids is 2. The molecule has 0 aliphatic carbocycles. The Bertz CT molecular complexity index is 483. The fraction of sp³-hybridized carbons (Fsp3) is 0.900. The van der Waals surface area contributed by atoms with E-state index in [2.05, 4.69) is 18.4 Å². The van der Waals surface area contributed by atoms with Crippen LogP contribution in [0.4, 0.5) is 0 Å². The number of phosphoric acid groups is 1. The Morgan fingerprint density at radius 2 is 1.34 bits per heavy atom. The molecule has 0 aliphatic heterocycles. The van der Waals surface area contributed by atoms with E-state index >= 15 is 0 Å². The van der Waals surface area contributed by atoms with Crippen LogP contribution in [0.25, 0.3) is 0 Å². The Morgan fingerprint density at radius 3 is 1.93 bits per heavy atom. The lowest BCUT2D eigenvalue weighted by molar-refractivity contribution is -0.161. The van der Waals surface area contributed by atoms with Gasteiger partial charge < -0.3 is 14.4 Å². The van der Waals surface area contributed by atoms with Crippen molar-refractivity contribution in [3.8, 4) is 0 Å². The van der Waals surface area contributed by atoms with Gasteiger partial charge >= 0.3 is 19.8 Å². The Balaban J connectivity index is 4.46. The molecule has 0 aromatic carbocycles. The van der Waals surface area contributed by atoms with Gasteiger partial charge in [-0.15, -0.1) is 0 Å². The second-order valence-electron chi connectivity index (χ2n) is 6.95. The maximum atomic E-state index is 12.0. The minimum absolute atomic E-state index is 0.00272. The molecule has 1 unspecified atom stereocenters. The van der Waals surface area contributed by atoms with Gasteiger partial charge in [-0.2, -0.15) is 0 Å². The molecule has 8 nitrogen and oxygen atoms in total. The second-order valence-corrected chi connectivity index (χ2v) is 8.41. The van der Waals surface area contributed by atoms with Crippen molar-refractivity contribution in [3.05, 3.63) is 0 Å². The highest BCUT2D eigenvalue weighted by atomic mass is 31.2. The number of esters is 2. The molecular weight excluding hydrogens is 399 g/mol. The summed E-state index contributed by atoms with van der Waals surface area (Å²) in [7, 11) is -4.23. The van der Waals surface area contributed by atoms with E-state index < -0.39 is 32.5 Å². The minimum Gasteiger partial charge on any atom is -0.462 e. The number of phosphoric ester groups is 1. The average molecular weight is 438 g/mol. The summed E-state index contributed by atoms with van der Waals surface area (Å²) in [6, 6.07) is 0. The number of hydrogen-bond donors (Lipinski definition) is 1. The van der Waals surface area contributed by atoms with Crippen LogP contribution < -0.4 is 0 Å². The smallest absolute Gasteiger partial charge is 0.462 e. The van der Waals surface area contributed by atoms with Gasteiger partial charge in [-0.1, -0.05) is 58.8 Å². The van der Waals surface area contributed by atoms with Gasteiger partial charge in [0.15, 0.2) is 6.10 Å². The minimum atomic E-state index is -4.23. The molecular formula is C20H39O8P. The summed E-state index contributed by atoms with van der Waals surface area (Å²) in [5, 5.41) is 0. The summed E-state index contributed by atoms with van der Waals surface area (Å²) in [4.78, 5) is 33.4. The zero-order valence-corrected chi connectivity index (χ0v) is 19.1. The van der Waals surface area contributed by atoms with Gasteiger partial charge in [0.1, 0.15) is 6.61 Å². The number of ether oxygens (including phenoxy) is 2. The molecule has 9 heteroatoms. The van der Waals surface area contributed by atoms with Gasteiger partial charge in [0.05, 0.1) is 13.2 Å². The molecule has 0 saturated carbocycles. The van der Waals surface area contributed by atoms with Crippen LogP contribution in [0.15, 0.2) is 0 Å². The molecule has 2 atom stereocenters. The maximum absolute atomic E-state index is 12.0. The third kappa shape index (κ3) is 17.6. The van der Waals surface area contributed by atoms with Crippen LogP contribution in [-0.4, -0.2) is 42.8 Å². The quantitative estimate of drug-likeness (QED) is 0.172. The molecule has 0 heterocycles. The van der Waals surface area contributed by atoms with E-state index in [1.165, 1.54) is 0 Å². The van der Waals surface area contributed by atoms with Gasteiger partial charge in [-0.25, -0.2) is 4.57 Å². The van der Waals surface area contributed by atoms with Crippen molar-refractivity contribution in [2.75, 3.05) is 19.8 Å². The SMILES string of the molecule is CCCCCCCC(=O)O[C@H](COC(=O)CCCCCC)COP(=O)(O)OCC. The van der Waals surface area contributed by atoms with E-state index in [0.29, 0.717) is 6.42 Å². The van der Waals surface area contributed by atoms with Gasteiger partial charge in [-0.05, 0) is 19.8 Å². The zero-order chi connectivity index (χ0) is 22.0. The molecule has 0 aromatic rings. The van der Waals surface area contributed by atoms with E-state index in [-0.39, 0.29) is 26.1 Å². The van der Waals surface area contributed by atoms with Crippen molar-refractivity contribution >= 4 is 19.8 Å². The van der Waals surface area contributed by atoms with Crippen LogP contribution in [0.5, 0.6) is 0 Å². The topological polar surface area (TPSA) is 108 Å². The Labute approximate surface area is 175 Å². The molecule has 172 valence electrons. The van der Waals surface area contributed by atoms with E-state index in [1.807, 2.05) is 0 Å². The summed E-state index contributed by atoms with van der Waals surface area (Å²) in [6.07, 6.45) is 8.35. The van der Waals surface area contributed by atoms with Crippen molar-refractivity contribution in [2.24, 2.45) is 0 Å². The molecule has 0 radical (unpaired) electrons. The molecule has 1 N–H and O–H groups in total. The molecule has 0 amide bonds. The molecule has 29 heavy (non-hydrogen) atoms. The zero-order valence-electron chi connectivity index (χ0n) is 18.2. The lowest BCUT2D eigenvalue weighted by atomic mass is 10.1. The summed E-state index contributed by atoms with van der Waals surface area (Å²) < 4.78 is 31.6. The van der Waals surface area contributed by atoms with Gasteiger partial charge in [-0.3, -0.25) is 18.6 Å². The molecule has 0 saturated heterocycles. The van der Waals surface area contributed by atoms with Crippen LogP contribution in [0.3, 0.4) is 0 Å². The summed E-state index contributed by atoms with van der Waals surface area (Å²) >= 11 is 0. The normalized spacial score (nSPS) is 14.2. The third-order valence-electron chi connectivity index (χ3n) is 4.16. The van der Waals surface area contributed by atoms with Crippen LogP contribution in [0.2, 0.25) is 0 Å². The predicted molar refractivity (Wildman–Crippen MR) is 110 cm³/mol. The molecule has 0 fully saturated rings. The Kier molecular flexibility index (Phi) is 17.3. The van der Waals surface area contributed by atoms with Crippen molar-refractivity contribution in [3.63, 3.8) is 0 Å². The fourth-order valence-corrected chi connectivity index (χ4v) is 3.32. The van der Waals surface area contributed by atoms with Crippen molar-refractivity contribution in [2.45, 2.75) is 97.5 Å². The summed E-state index contributed by atoms with van der Waals surface area (Å²) in [6.45, 7) is 5.15. The van der Waals surface area contributed by atoms with Crippen LogP contribution >= 0.6 is 7.82 Å². The largest absolute Gasteiger partial charge is 0.472 e. The summed E-state index contributed by atoms with van der Waals surface area (Å²) in [5.74, 6) is -0.836. The average Bonchev–Trinajstić information content (AvgIpc) is 2.67. The highest BCUT2D eigenvalue weighted by molar-refractivity contribution is 7.47. The molecule has 0 rings (SSSR count). The number of hydrogen-bond acceptors (Lipinski definition) is 7. The van der Waals surface area contributed by atoms with Crippen molar-refractivity contribution in [1.29, 1.82) is 0 Å². The first kappa shape index (κ1) is 28.1. The maximum Gasteiger partial charge on any atom is 0.472 e. The Hall–Kier alpha value is -0.950. The lowest BCUT2D eigenvalue weighted by Crippen LogP contribution is -2.29. The van der Waals surface area contributed by atoms with Crippen LogP contribution in [0, 0.1) is 0 Å². The lowest BCUT2D eigenvalue weighted by Gasteiger charge is -2.19. The summed E-state index contributed by atoms with van der Waals surface area (Å²) in [5.41, 5.74) is 0. The first-order valence-corrected chi connectivity index (χ1v) is 12.3. The predicted octanol–water partition coefficient (Wildman–Crippen LogP) is 4.93. The number of unbranched alkanes of at least 4 members (excludes halogenated alkanes) is 7. The van der Waals surface area contributed by atoms with E-state index in [9.17, 15) is 19.0 Å². The van der Waals surface area contributed by atoms with Crippen molar-refractivity contribution in [1.82, 2.24) is 0 Å². The van der Waals surface area contributed by atoms with E-state index in [1.54, 1.807) is 6.92 Å². The van der Waals surface area contributed by atoms with Crippen molar-refractivity contribution < 1.29 is 37.6 Å². The number of carbonyl (C=O) groups is 2. The monoisotopic (exact) mass is 438 g/mol. The highest BCUT2D eigenvalue weighted by Crippen LogP contribution is 2.43. The fourth-order valence-electron chi connectivity index (χ4n) is 2.57. The molecule has 0 aromatic heterocycles. The molecule has 0 bridgehead atoms. The highest BCUT2D eigenvalue weighted by Gasteiger charge is 2.25. The second kappa shape index (κ2) is 17.9. The van der Waals surface area contributed by atoms with E-state index in [0.717, 1.165) is 51.4 Å². The number of rotatable bonds is 19. The first-order valence-electron chi connectivity index (χ1n) is 10.8. The Morgan fingerprint density at radius 1 is 0.793 bits per heavy atom. The standard InChI is InChI=1S/C20H39O8P/c1-4-7-9-11-13-15-20(22)28-18(17-27-29(23,24)26-6-3)16-25-19(21)14-12-10-8-5-2/h18H,4-17H2,1-3H3,(H,23,24)/t18-/m1/s1. The van der Waals surface area contributed by atoms with Crippen LogP contribution in [-0.2, 0) is 32.7 Å². The van der Waals surface area contributed by atoms with Gasteiger partial charge in [0.2, 0.25) is 0 Å². The third-order valence-corrected chi connectivity index (χ3v) is 5.22. The first-order chi connectivity index (χ1) is 13.8. The van der Waals surface area contributed by atoms with Gasteiger partial charge in [0, 0.05) is 12.8 Å². The molecule has 0 spiro atoms. The van der Waals surface area contributed by atoms with Gasteiger partial charge in [0.25, 0.3) is 0 Å². The molecule has 0 aliphatic rings. The van der Waals surface area contributed by atoms with E-state index in [4.69, 9.17) is 14.0 Å². The van der Waals surface area contributed by atoms with Crippen LogP contribution in [0.1, 0.15) is 91.4 Å².